The monoisotopic (exact) mass is 453 g/mol. The number of aliphatic carboxylic acids is 2. The summed E-state index contributed by atoms with van der Waals surface area (Å²) < 4.78 is 0.550. The SMILES string of the molecule is CCCCCCCCCCCCCCCC(=O)O.C[N+](C)(C)C[C@H](O)CC(=O)[O-].Cl. The van der Waals surface area contributed by atoms with Crippen LogP contribution < -0.4 is 5.11 Å². The maximum absolute atomic E-state index is 10.3. The number of halogens is 1. The zero-order valence-electron chi connectivity index (χ0n) is 19.9. The number of likely N-dealkylation sites (N-methyl/N-ethyl adjacent to an activating group) is 1. The van der Waals surface area contributed by atoms with Gasteiger partial charge in [0.1, 0.15) is 12.6 Å². The average molecular weight is 454 g/mol. The van der Waals surface area contributed by atoms with Crippen LogP contribution in [0.1, 0.15) is 103 Å². The summed E-state index contributed by atoms with van der Waals surface area (Å²) in [4.78, 5) is 20.3. The summed E-state index contributed by atoms with van der Waals surface area (Å²) in [6, 6.07) is 0. The molecule has 0 spiro atoms. The van der Waals surface area contributed by atoms with E-state index in [1.807, 2.05) is 21.1 Å². The van der Waals surface area contributed by atoms with Gasteiger partial charge in [0, 0.05) is 18.8 Å². The van der Waals surface area contributed by atoms with E-state index >= 15 is 0 Å². The van der Waals surface area contributed by atoms with E-state index in [0.717, 1.165) is 12.8 Å². The molecule has 30 heavy (non-hydrogen) atoms. The minimum atomic E-state index is -1.20. The molecule has 7 heteroatoms. The van der Waals surface area contributed by atoms with Gasteiger partial charge >= 0.3 is 5.97 Å². The number of aliphatic hydroxyl groups excluding tert-OH is 1. The van der Waals surface area contributed by atoms with Crippen LogP contribution in [0.15, 0.2) is 0 Å². The van der Waals surface area contributed by atoms with Gasteiger partial charge in [-0.25, -0.2) is 0 Å². The molecular formula is C23H48ClNO5. The molecule has 0 aliphatic carbocycles. The van der Waals surface area contributed by atoms with E-state index in [9.17, 15) is 14.7 Å². The number of hydrogen-bond acceptors (Lipinski definition) is 4. The highest BCUT2D eigenvalue weighted by Crippen LogP contribution is 2.12. The molecule has 0 rings (SSSR count). The van der Waals surface area contributed by atoms with Crippen LogP contribution in [-0.2, 0) is 9.59 Å². The molecule has 182 valence electrons. The molecule has 1 atom stereocenters. The van der Waals surface area contributed by atoms with Crippen LogP contribution in [0, 0.1) is 0 Å². The zero-order chi connectivity index (χ0) is 22.5. The van der Waals surface area contributed by atoms with Crippen molar-refractivity contribution in [2.24, 2.45) is 0 Å². The van der Waals surface area contributed by atoms with Gasteiger partial charge in [-0.05, 0) is 6.42 Å². The summed E-state index contributed by atoms with van der Waals surface area (Å²) in [7, 11) is 5.66. The molecule has 0 fully saturated rings. The molecule has 0 amide bonds. The maximum atomic E-state index is 10.3. The summed E-state index contributed by atoms with van der Waals surface area (Å²) in [6.45, 7) is 2.68. The molecule has 0 unspecified atom stereocenters. The van der Waals surface area contributed by atoms with Gasteiger partial charge in [0.15, 0.2) is 0 Å². The van der Waals surface area contributed by atoms with Crippen LogP contribution in [0.5, 0.6) is 0 Å². The number of rotatable bonds is 18. The van der Waals surface area contributed by atoms with Crippen LogP contribution in [0.25, 0.3) is 0 Å². The Kier molecular flexibility index (Phi) is 25.7. The molecule has 0 aromatic rings. The largest absolute Gasteiger partial charge is 0.550 e. The summed E-state index contributed by atoms with van der Waals surface area (Å²) >= 11 is 0. The first kappa shape index (κ1) is 33.8. The number of carbonyl (C=O) groups excluding carboxylic acids is 1. The summed E-state index contributed by atoms with van der Waals surface area (Å²) in [6.07, 6.45) is 16.2. The number of carboxylic acids is 2. The lowest BCUT2D eigenvalue weighted by Gasteiger charge is -2.26. The van der Waals surface area contributed by atoms with Crippen molar-refractivity contribution in [1.82, 2.24) is 0 Å². The van der Waals surface area contributed by atoms with Crippen LogP contribution in [-0.4, -0.2) is 60.4 Å². The van der Waals surface area contributed by atoms with Crippen molar-refractivity contribution in [3.05, 3.63) is 0 Å². The van der Waals surface area contributed by atoms with E-state index < -0.39 is 18.0 Å². The lowest BCUT2D eigenvalue weighted by Crippen LogP contribution is -2.43. The third kappa shape index (κ3) is 34.6. The van der Waals surface area contributed by atoms with Gasteiger partial charge in [-0.2, -0.15) is 0 Å². The minimum absolute atomic E-state index is 0. The highest BCUT2D eigenvalue weighted by Gasteiger charge is 2.14. The predicted octanol–water partition coefficient (Wildman–Crippen LogP) is 4.17. The van der Waals surface area contributed by atoms with Crippen molar-refractivity contribution >= 4 is 24.3 Å². The smallest absolute Gasteiger partial charge is 0.303 e. The second kappa shape index (κ2) is 22.8. The highest BCUT2D eigenvalue weighted by molar-refractivity contribution is 5.85. The minimum Gasteiger partial charge on any atom is -0.550 e. The average Bonchev–Trinajstić information content (AvgIpc) is 2.57. The van der Waals surface area contributed by atoms with Crippen LogP contribution >= 0.6 is 12.4 Å². The molecule has 0 heterocycles. The Morgan fingerprint density at radius 2 is 1.17 bits per heavy atom. The number of unbranched alkanes of at least 4 members (excludes halogenated alkanes) is 12. The summed E-state index contributed by atoms with van der Waals surface area (Å²) in [5, 5.41) is 27.6. The highest BCUT2D eigenvalue weighted by atomic mass is 35.5. The molecule has 0 radical (unpaired) electrons. The lowest BCUT2D eigenvalue weighted by molar-refractivity contribution is -0.873. The topological polar surface area (TPSA) is 97.7 Å². The Bertz CT molecular complexity index is 400. The Morgan fingerprint density at radius 3 is 1.47 bits per heavy atom. The molecule has 0 saturated carbocycles. The van der Waals surface area contributed by atoms with E-state index in [0.29, 0.717) is 17.4 Å². The van der Waals surface area contributed by atoms with Gasteiger partial charge in [-0.1, -0.05) is 84.0 Å². The summed E-state index contributed by atoms with van der Waals surface area (Å²) in [5.41, 5.74) is 0. The number of quaternary nitrogens is 1. The molecule has 2 N–H and O–H groups in total. The van der Waals surface area contributed by atoms with Gasteiger partial charge in [-0.15, -0.1) is 12.4 Å². The van der Waals surface area contributed by atoms with E-state index in [2.05, 4.69) is 6.92 Å². The molecule has 0 aliphatic heterocycles. The maximum Gasteiger partial charge on any atom is 0.303 e. The van der Waals surface area contributed by atoms with Gasteiger partial charge in [-0.3, -0.25) is 4.79 Å². The number of aliphatic hydroxyl groups is 1. The Hall–Kier alpha value is -0.850. The number of nitrogens with zero attached hydrogens (tertiary/aromatic N) is 1. The van der Waals surface area contributed by atoms with Gasteiger partial charge in [0.05, 0.1) is 21.1 Å². The van der Waals surface area contributed by atoms with Crippen LogP contribution in [0.3, 0.4) is 0 Å². The fraction of sp³-hybridized carbons (Fsp3) is 0.913. The third-order valence-corrected chi connectivity index (χ3v) is 4.65. The van der Waals surface area contributed by atoms with Crippen molar-refractivity contribution in [2.45, 2.75) is 109 Å². The zero-order valence-corrected chi connectivity index (χ0v) is 20.7. The van der Waals surface area contributed by atoms with E-state index in [1.165, 1.54) is 70.6 Å². The number of hydrogen-bond donors (Lipinski definition) is 2. The standard InChI is InChI=1S/C16H32O2.C7H15NO3.ClH/c1-2-3-4-5-6-7-8-9-10-11-12-13-14-15-16(17)18;1-8(2,3)5-6(9)4-7(10)11;/h2-15H2,1H3,(H,17,18);6,9H,4-5H2,1-3H3;1H/t;6-;/m.1./s1. The van der Waals surface area contributed by atoms with E-state index in [4.69, 9.17) is 10.2 Å². The second-order valence-corrected chi connectivity index (χ2v) is 9.09. The first-order valence-electron chi connectivity index (χ1n) is 11.5. The Labute approximate surface area is 191 Å². The normalized spacial score (nSPS) is 11.8. The third-order valence-electron chi connectivity index (χ3n) is 4.65. The first-order valence-corrected chi connectivity index (χ1v) is 11.5. The Balaban J connectivity index is -0.000000525. The quantitative estimate of drug-likeness (QED) is 0.240. The van der Waals surface area contributed by atoms with E-state index in [1.54, 1.807) is 0 Å². The Morgan fingerprint density at radius 1 is 0.800 bits per heavy atom. The molecule has 0 aromatic carbocycles. The second-order valence-electron chi connectivity index (χ2n) is 9.09. The van der Waals surface area contributed by atoms with Crippen molar-refractivity contribution in [3.8, 4) is 0 Å². The van der Waals surface area contributed by atoms with Crippen molar-refractivity contribution in [1.29, 1.82) is 0 Å². The molecule has 0 saturated heterocycles. The van der Waals surface area contributed by atoms with Crippen molar-refractivity contribution < 1.29 is 29.4 Å². The van der Waals surface area contributed by atoms with Gasteiger partial charge < -0.3 is 24.6 Å². The van der Waals surface area contributed by atoms with Crippen LogP contribution in [0.4, 0.5) is 0 Å². The molecule has 0 aliphatic rings. The molecule has 6 nitrogen and oxygen atoms in total. The van der Waals surface area contributed by atoms with Gasteiger partial charge in [0.2, 0.25) is 0 Å². The van der Waals surface area contributed by atoms with Crippen molar-refractivity contribution in [3.63, 3.8) is 0 Å². The molecular weight excluding hydrogens is 406 g/mol. The van der Waals surface area contributed by atoms with E-state index in [-0.39, 0.29) is 18.8 Å². The fourth-order valence-corrected chi connectivity index (χ4v) is 3.18. The molecule has 0 bridgehead atoms. The predicted molar refractivity (Wildman–Crippen MR) is 124 cm³/mol. The number of carbonyl (C=O) groups is 2. The van der Waals surface area contributed by atoms with Crippen molar-refractivity contribution in [2.75, 3.05) is 27.7 Å². The number of carboxylic acid groups (broad SMARTS) is 2. The first-order chi connectivity index (χ1) is 13.6. The van der Waals surface area contributed by atoms with Crippen LogP contribution in [0.2, 0.25) is 0 Å². The fourth-order valence-electron chi connectivity index (χ4n) is 3.18. The summed E-state index contributed by atoms with van der Waals surface area (Å²) in [5.74, 6) is -1.86. The molecule has 0 aromatic heterocycles. The lowest BCUT2D eigenvalue weighted by atomic mass is 10.0. The van der Waals surface area contributed by atoms with Gasteiger partial charge in [0.25, 0.3) is 0 Å².